The molecule has 2 saturated heterocycles. The highest BCUT2D eigenvalue weighted by Gasteiger charge is 2.57. The maximum atomic E-state index is 12.7. The molecular weight excluding hydrogens is 504 g/mol. The van der Waals surface area contributed by atoms with E-state index in [0.29, 0.717) is 48.5 Å². The number of aromatic nitrogens is 3. The number of ether oxygens (including phenoxy) is 2. The molecule has 12 heteroatoms. The topological polar surface area (TPSA) is 149 Å². The predicted molar refractivity (Wildman–Crippen MR) is 137 cm³/mol. The standard InChI is InChI=1S/C27H22N6O6/c1-37-19-8-3-16(4-9-19)22-31-32-23(39-22)17-5-10-20(11-6-17)38-21-12-7-18(15-28-21)33-14-2-13-27(33)24(34)29-26(36)30-25(27)35/h3-12,15H,2,13-14H2,1H3,(H2,29,30,34,35,36). The first-order valence-corrected chi connectivity index (χ1v) is 12.1. The first-order chi connectivity index (χ1) is 19.0. The van der Waals surface area contributed by atoms with Gasteiger partial charge in [0, 0.05) is 23.7 Å². The Balaban J connectivity index is 1.14. The lowest BCUT2D eigenvalue weighted by molar-refractivity contribution is -0.137. The maximum Gasteiger partial charge on any atom is 0.328 e. The summed E-state index contributed by atoms with van der Waals surface area (Å²) in [5, 5.41) is 12.7. The lowest BCUT2D eigenvalue weighted by atomic mass is 9.92. The summed E-state index contributed by atoms with van der Waals surface area (Å²) in [7, 11) is 1.60. The van der Waals surface area contributed by atoms with Gasteiger partial charge in [-0.3, -0.25) is 20.2 Å². The van der Waals surface area contributed by atoms with Gasteiger partial charge in [-0.1, -0.05) is 0 Å². The van der Waals surface area contributed by atoms with Crippen LogP contribution in [0, 0.1) is 0 Å². The number of amides is 4. The zero-order chi connectivity index (χ0) is 27.0. The molecule has 4 heterocycles. The fraction of sp³-hybridized carbons (Fsp3) is 0.185. The van der Waals surface area contributed by atoms with Gasteiger partial charge in [0.1, 0.15) is 11.5 Å². The number of nitrogens with zero attached hydrogens (tertiary/aromatic N) is 4. The molecule has 0 unspecified atom stereocenters. The van der Waals surface area contributed by atoms with Gasteiger partial charge in [-0.15, -0.1) is 10.2 Å². The fourth-order valence-corrected chi connectivity index (χ4v) is 4.76. The molecule has 0 radical (unpaired) electrons. The number of carbonyl (C=O) groups is 3. The molecule has 196 valence electrons. The average Bonchev–Trinajstić information content (AvgIpc) is 3.62. The van der Waals surface area contributed by atoms with Crippen molar-refractivity contribution in [3.05, 3.63) is 66.9 Å². The molecule has 1 spiro atoms. The van der Waals surface area contributed by atoms with Crippen LogP contribution in [-0.2, 0) is 9.59 Å². The third kappa shape index (κ3) is 4.31. The van der Waals surface area contributed by atoms with E-state index in [2.05, 4.69) is 25.8 Å². The second-order valence-corrected chi connectivity index (χ2v) is 8.97. The van der Waals surface area contributed by atoms with Gasteiger partial charge in [0.05, 0.1) is 19.0 Å². The highest BCUT2D eigenvalue weighted by atomic mass is 16.5. The number of imide groups is 2. The molecular formula is C27H22N6O6. The Hall–Kier alpha value is -5.26. The van der Waals surface area contributed by atoms with Gasteiger partial charge in [-0.05, 0) is 67.4 Å². The zero-order valence-corrected chi connectivity index (χ0v) is 20.7. The van der Waals surface area contributed by atoms with Crippen molar-refractivity contribution in [2.45, 2.75) is 18.4 Å². The Morgan fingerprint density at radius 3 is 2.03 bits per heavy atom. The summed E-state index contributed by atoms with van der Waals surface area (Å²) < 4.78 is 16.9. The van der Waals surface area contributed by atoms with Gasteiger partial charge >= 0.3 is 6.03 Å². The number of urea groups is 1. The van der Waals surface area contributed by atoms with Crippen LogP contribution in [-0.4, -0.2) is 52.2 Å². The first-order valence-electron chi connectivity index (χ1n) is 12.1. The molecule has 0 aliphatic carbocycles. The van der Waals surface area contributed by atoms with Gasteiger partial charge in [0.25, 0.3) is 11.8 Å². The lowest BCUT2D eigenvalue weighted by Crippen LogP contribution is -2.71. The summed E-state index contributed by atoms with van der Waals surface area (Å²) in [5.41, 5.74) is 0.594. The molecule has 12 nitrogen and oxygen atoms in total. The van der Waals surface area contributed by atoms with E-state index >= 15 is 0 Å². The molecule has 0 bridgehead atoms. The van der Waals surface area contributed by atoms with Crippen LogP contribution in [0.2, 0.25) is 0 Å². The van der Waals surface area contributed by atoms with Crippen LogP contribution in [0.4, 0.5) is 10.5 Å². The summed E-state index contributed by atoms with van der Waals surface area (Å²) in [6, 6.07) is 17.0. The van der Waals surface area contributed by atoms with Crippen molar-refractivity contribution in [3.63, 3.8) is 0 Å². The van der Waals surface area contributed by atoms with Crippen molar-refractivity contribution >= 4 is 23.5 Å². The van der Waals surface area contributed by atoms with Crippen molar-refractivity contribution in [3.8, 4) is 40.3 Å². The maximum absolute atomic E-state index is 12.7. The van der Waals surface area contributed by atoms with Crippen molar-refractivity contribution in [1.29, 1.82) is 0 Å². The van der Waals surface area contributed by atoms with E-state index in [-0.39, 0.29) is 0 Å². The minimum atomic E-state index is -1.48. The van der Waals surface area contributed by atoms with E-state index < -0.39 is 23.4 Å². The SMILES string of the molecule is COc1ccc(-c2nnc(-c3ccc(Oc4ccc(N5CCCC56C(=O)NC(=O)NC6=O)cn4)cc3)o2)cc1. The number of methoxy groups -OCH3 is 1. The van der Waals surface area contributed by atoms with Crippen LogP contribution in [0.15, 0.2) is 71.3 Å². The Kier molecular flexibility index (Phi) is 5.91. The van der Waals surface area contributed by atoms with Crippen LogP contribution in [0.5, 0.6) is 17.4 Å². The molecule has 0 atom stereocenters. The minimum Gasteiger partial charge on any atom is -0.497 e. The summed E-state index contributed by atoms with van der Waals surface area (Å²) >= 11 is 0. The third-order valence-electron chi connectivity index (χ3n) is 6.70. The Labute approximate surface area is 222 Å². The highest BCUT2D eigenvalue weighted by molar-refractivity contribution is 6.24. The number of carbonyl (C=O) groups excluding carboxylic acids is 3. The summed E-state index contributed by atoms with van der Waals surface area (Å²) in [6.45, 7) is 0.466. The number of anilines is 1. The highest BCUT2D eigenvalue weighted by Crippen LogP contribution is 2.36. The monoisotopic (exact) mass is 526 g/mol. The molecule has 0 saturated carbocycles. The lowest BCUT2D eigenvalue weighted by Gasteiger charge is -2.38. The van der Waals surface area contributed by atoms with Gasteiger partial charge in [-0.2, -0.15) is 0 Å². The van der Waals surface area contributed by atoms with E-state index in [1.807, 2.05) is 24.3 Å². The molecule has 2 aromatic heterocycles. The number of hydrogen-bond acceptors (Lipinski definition) is 10. The number of nitrogens with one attached hydrogen (secondary N) is 2. The second kappa shape index (κ2) is 9.56. The number of hydrogen-bond donors (Lipinski definition) is 2. The van der Waals surface area contributed by atoms with Gasteiger partial charge < -0.3 is 18.8 Å². The molecule has 2 N–H and O–H groups in total. The van der Waals surface area contributed by atoms with E-state index in [1.54, 1.807) is 48.4 Å². The number of benzene rings is 2. The van der Waals surface area contributed by atoms with Gasteiger partial charge in [-0.25, -0.2) is 9.78 Å². The Bertz CT molecular complexity index is 1530. The zero-order valence-electron chi connectivity index (χ0n) is 20.7. The van der Waals surface area contributed by atoms with E-state index in [1.165, 1.54) is 6.20 Å². The van der Waals surface area contributed by atoms with Crippen molar-refractivity contribution in [2.24, 2.45) is 0 Å². The molecule has 6 rings (SSSR count). The quantitative estimate of drug-likeness (QED) is 0.358. The normalized spacial score (nSPS) is 16.2. The van der Waals surface area contributed by atoms with Crippen LogP contribution in [0.25, 0.3) is 22.9 Å². The van der Waals surface area contributed by atoms with Crippen molar-refractivity contribution < 1.29 is 28.3 Å². The minimum absolute atomic E-state index is 0.296. The summed E-state index contributed by atoms with van der Waals surface area (Å²) in [6.07, 6.45) is 2.44. The molecule has 4 amide bonds. The molecule has 2 aliphatic heterocycles. The van der Waals surface area contributed by atoms with Crippen LogP contribution in [0.3, 0.4) is 0 Å². The molecule has 39 heavy (non-hydrogen) atoms. The first kappa shape index (κ1) is 24.1. The van der Waals surface area contributed by atoms with Crippen molar-refractivity contribution in [1.82, 2.24) is 25.8 Å². The number of barbiturate groups is 1. The van der Waals surface area contributed by atoms with Crippen molar-refractivity contribution in [2.75, 3.05) is 18.6 Å². The van der Waals surface area contributed by atoms with E-state index in [0.717, 1.165) is 16.9 Å². The fourth-order valence-electron chi connectivity index (χ4n) is 4.76. The smallest absolute Gasteiger partial charge is 0.328 e. The van der Waals surface area contributed by atoms with Crippen LogP contribution < -0.4 is 25.0 Å². The largest absolute Gasteiger partial charge is 0.497 e. The number of pyridine rings is 1. The second-order valence-electron chi connectivity index (χ2n) is 8.97. The predicted octanol–water partition coefficient (Wildman–Crippen LogP) is 3.30. The summed E-state index contributed by atoms with van der Waals surface area (Å²) in [4.78, 5) is 42.9. The average molecular weight is 527 g/mol. The van der Waals surface area contributed by atoms with E-state index in [9.17, 15) is 14.4 Å². The molecule has 4 aromatic rings. The Morgan fingerprint density at radius 1 is 0.846 bits per heavy atom. The molecule has 2 aliphatic rings. The Morgan fingerprint density at radius 2 is 1.46 bits per heavy atom. The van der Waals surface area contributed by atoms with Gasteiger partial charge in [0.2, 0.25) is 17.7 Å². The number of rotatable bonds is 6. The van der Waals surface area contributed by atoms with E-state index in [4.69, 9.17) is 13.9 Å². The van der Waals surface area contributed by atoms with Crippen LogP contribution in [0.1, 0.15) is 12.8 Å². The van der Waals surface area contributed by atoms with Crippen LogP contribution >= 0.6 is 0 Å². The van der Waals surface area contributed by atoms with Gasteiger partial charge in [0.15, 0.2) is 5.54 Å². The molecule has 2 aromatic carbocycles. The molecule has 2 fully saturated rings. The third-order valence-corrected chi connectivity index (χ3v) is 6.70. The summed E-state index contributed by atoms with van der Waals surface area (Å²) in [5.74, 6) is 1.10.